The minimum absolute atomic E-state index is 0.633. The van der Waals surface area contributed by atoms with E-state index in [4.69, 9.17) is 15.0 Å². The third kappa shape index (κ3) is 3.42. The maximum Gasteiger partial charge on any atom is 0.162 e. The van der Waals surface area contributed by atoms with Crippen molar-refractivity contribution in [3.8, 4) is 28.3 Å². The first-order chi connectivity index (χ1) is 21.8. The molecular weight excluding hydrogens is 536 g/mol. The third-order valence-electron chi connectivity index (χ3n) is 8.86. The topological polar surface area (TPSA) is 43.6 Å². The van der Waals surface area contributed by atoms with Crippen molar-refractivity contribution in [1.82, 2.24) is 19.5 Å². The molecule has 0 unspecified atom stereocenters. The largest absolute Gasteiger partial charge is 0.294 e. The van der Waals surface area contributed by atoms with E-state index >= 15 is 0 Å². The van der Waals surface area contributed by atoms with Crippen LogP contribution in [0.25, 0.3) is 50.3 Å². The molecule has 4 heteroatoms. The van der Waals surface area contributed by atoms with Gasteiger partial charge in [0, 0.05) is 16.5 Å². The Kier molecular flexibility index (Phi) is 5.38. The predicted octanol–water partition coefficient (Wildman–Crippen LogP) is 9.00. The summed E-state index contributed by atoms with van der Waals surface area (Å²) in [6, 6.07) is 55.1. The molecule has 4 nitrogen and oxygen atoms in total. The molecule has 44 heavy (non-hydrogen) atoms. The molecule has 9 rings (SSSR count). The Hall–Kier alpha value is -5.87. The molecule has 0 saturated carbocycles. The molecule has 0 N–H and O–H groups in total. The van der Waals surface area contributed by atoms with Crippen LogP contribution in [0.5, 0.6) is 0 Å². The SMILES string of the molecule is c1ccc(-c2nc(-c3cccc4c3-n3c(nc5ccccc53)C4(c3ccccc3)c3ccccc3)nc3ccccc23)cc1. The number of benzene rings is 6. The molecule has 0 spiro atoms. The van der Waals surface area contributed by atoms with Gasteiger partial charge in [0.05, 0.1) is 27.9 Å². The van der Waals surface area contributed by atoms with Gasteiger partial charge >= 0.3 is 0 Å². The monoisotopic (exact) mass is 562 g/mol. The van der Waals surface area contributed by atoms with Crippen LogP contribution in [0.15, 0.2) is 158 Å². The second kappa shape index (κ2) is 9.58. The van der Waals surface area contributed by atoms with Crippen molar-refractivity contribution < 1.29 is 0 Å². The fourth-order valence-electron chi connectivity index (χ4n) is 7.02. The molecule has 6 aromatic carbocycles. The Bertz CT molecular complexity index is 2280. The lowest BCUT2D eigenvalue weighted by Crippen LogP contribution is -2.29. The highest BCUT2D eigenvalue weighted by atomic mass is 15.1. The molecule has 206 valence electrons. The first-order valence-electron chi connectivity index (χ1n) is 14.9. The lowest BCUT2D eigenvalue weighted by Gasteiger charge is -2.31. The van der Waals surface area contributed by atoms with E-state index in [1.807, 2.05) is 12.1 Å². The Morgan fingerprint density at radius 3 is 1.82 bits per heavy atom. The molecule has 0 atom stereocenters. The summed E-state index contributed by atoms with van der Waals surface area (Å²) in [4.78, 5) is 15.9. The third-order valence-corrected chi connectivity index (χ3v) is 8.86. The van der Waals surface area contributed by atoms with Crippen molar-refractivity contribution in [2.45, 2.75) is 5.41 Å². The first kappa shape index (κ1) is 24.7. The van der Waals surface area contributed by atoms with Gasteiger partial charge in [-0.05, 0) is 41.0 Å². The van der Waals surface area contributed by atoms with Crippen molar-refractivity contribution in [2.24, 2.45) is 0 Å². The van der Waals surface area contributed by atoms with E-state index in [9.17, 15) is 0 Å². The predicted molar refractivity (Wildman–Crippen MR) is 177 cm³/mol. The maximum atomic E-state index is 5.39. The van der Waals surface area contributed by atoms with E-state index in [2.05, 4.69) is 150 Å². The quantitative estimate of drug-likeness (QED) is 0.215. The molecular formula is C40H26N4. The van der Waals surface area contributed by atoms with Crippen LogP contribution in [0.1, 0.15) is 22.5 Å². The van der Waals surface area contributed by atoms with E-state index < -0.39 is 5.41 Å². The van der Waals surface area contributed by atoms with Gasteiger partial charge in [0.2, 0.25) is 0 Å². The molecule has 3 heterocycles. The summed E-state index contributed by atoms with van der Waals surface area (Å²) in [6.07, 6.45) is 0. The number of imidazole rings is 1. The van der Waals surface area contributed by atoms with Crippen LogP contribution in [0.4, 0.5) is 0 Å². The molecule has 1 aliphatic heterocycles. The summed E-state index contributed by atoms with van der Waals surface area (Å²) in [5.41, 5.74) is 9.85. The van der Waals surface area contributed by atoms with Gasteiger partial charge in [-0.3, -0.25) is 4.57 Å². The van der Waals surface area contributed by atoms with Gasteiger partial charge in [-0.15, -0.1) is 0 Å². The molecule has 8 aromatic rings. The Morgan fingerprint density at radius 2 is 1.09 bits per heavy atom. The molecule has 0 saturated heterocycles. The summed E-state index contributed by atoms with van der Waals surface area (Å²) in [7, 11) is 0. The number of hydrogen-bond acceptors (Lipinski definition) is 3. The minimum Gasteiger partial charge on any atom is -0.294 e. The van der Waals surface area contributed by atoms with Crippen LogP contribution in [0, 0.1) is 0 Å². The normalized spacial score (nSPS) is 13.2. The standard InChI is InChI=1S/C40H26N4/c1-4-15-27(16-5-1)36-30-21-10-11-24-33(30)41-38(43-36)31-22-14-23-32-37(31)44-35-26-13-12-25-34(35)42-39(44)40(32,28-17-6-2-7-18-28)29-19-8-3-9-20-29/h1-26H. The number of para-hydroxylation sites is 4. The molecule has 0 aliphatic carbocycles. The average Bonchev–Trinajstić information content (AvgIpc) is 3.62. The minimum atomic E-state index is -0.633. The molecule has 0 fully saturated rings. The zero-order valence-electron chi connectivity index (χ0n) is 23.8. The smallest absolute Gasteiger partial charge is 0.162 e. The lowest BCUT2D eigenvalue weighted by atomic mass is 9.69. The second-order valence-corrected chi connectivity index (χ2v) is 11.2. The van der Waals surface area contributed by atoms with Crippen molar-refractivity contribution >= 4 is 21.9 Å². The molecule has 0 amide bonds. The van der Waals surface area contributed by atoms with Gasteiger partial charge in [0.1, 0.15) is 11.2 Å². The van der Waals surface area contributed by atoms with Crippen LogP contribution < -0.4 is 0 Å². The summed E-state index contributed by atoms with van der Waals surface area (Å²) in [5, 5.41) is 1.03. The van der Waals surface area contributed by atoms with Crippen molar-refractivity contribution in [3.63, 3.8) is 0 Å². The average molecular weight is 563 g/mol. The highest BCUT2D eigenvalue weighted by molar-refractivity contribution is 5.95. The number of hydrogen-bond donors (Lipinski definition) is 0. The van der Waals surface area contributed by atoms with Gasteiger partial charge in [0.25, 0.3) is 0 Å². The van der Waals surface area contributed by atoms with Gasteiger partial charge in [-0.25, -0.2) is 15.0 Å². The van der Waals surface area contributed by atoms with Crippen LogP contribution in [-0.4, -0.2) is 19.5 Å². The maximum absolute atomic E-state index is 5.39. The second-order valence-electron chi connectivity index (χ2n) is 11.2. The molecule has 1 aliphatic rings. The van der Waals surface area contributed by atoms with Crippen molar-refractivity contribution in [2.75, 3.05) is 0 Å². The van der Waals surface area contributed by atoms with Crippen molar-refractivity contribution in [1.29, 1.82) is 0 Å². The number of fused-ring (bicyclic) bond motifs is 6. The van der Waals surface area contributed by atoms with E-state index in [1.54, 1.807) is 0 Å². The molecule has 0 bridgehead atoms. The summed E-state index contributed by atoms with van der Waals surface area (Å²) >= 11 is 0. The van der Waals surface area contributed by atoms with Gasteiger partial charge in [-0.2, -0.15) is 0 Å². The Labute approximate surface area is 255 Å². The number of aromatic nitrogens is 4. The van der Waals surface area contributed by atoms with E-state index in [1.165, 1.54) is 16.7 Å². The highest BCUT2D eigenvalue weighted by Gasteiger charge is 2.50. The zero-order valence-corrected chi connectivity index (χ0v) is 23.8. The van der Waals surface area contributed by atoms with Gasteiger partial charge < -0.3 is 0 Å². The molecule has 0 radical (unpaired) electrons. The van der Waals surface area contributed by atoms with Crippen LogP contribution in [0.3, 0.4) is 0 Å². The first-order valence-corrected chi connectivity index (χ1v) is 14.9. The van der Waals surface area contributed by atoms with E-state index in [0.717, 1.165) is 50.3 Å². The number of rotatable bonds is 4. The Morgan fingerprint density at radius 1 is 0.477 bits per heavy atom. The highest BCUT2D eigenvalue weighted by Crippen LogP contribution is 2.54. The number of nitrogens with zero attached hydrogens (tertiary/aromatic N) is 4. The van der Waals surface area contributed by atoms with Crippen LogP contribution >= 0.6 is 0 Å². The summed E-state index contributed by atoms with van der Waals surface area (Å²) in [5.74, 6) is 1.67. The van der Waals surface area contributed by atoms with Gasteiger partial charge in [0.15, 0.2) is 5.82 Å². The van der Waals surface area contributed by atoms with Gasteiger partial charge in [-0.1, -0.05) is 133 Å². The zero-order chi connectivity index (χ0) is 29.1. The van der Waals surface area contributed by atoms with E-state index in [0.29, 0.717) is 5.82 Å². The molecule has 2 aromatic heterocycles. The van der Waals surface area contributed by atoms with Crippen LogP contribution in [-0.2, 0) is 5.41 Å². The Balaban J connectivity index is 1.43. The fraction of sp³-hybridized carbons (Fsp3) is 0.0250. The summed E-state index contributed by atoms with van der Waals surface area (Å²) in [6.45, 7) is 0. The lowest BCUT2D eigenvalue weighted by molar-refractivity contribution is 0.718. The fourth-order valence-corrected chi connectivity index (χ4v) is 7.02. The van der Waals surface area contributed by atoms with Crippen LogP contribution in [0.2, 0.25) is 0 Å². The van der Waals surface area contributed by atoms with E-state index in [-0.39, 0.29) is 0 Å². The summed E-state index contributed by atoms with van der Waals surface area (Å²) < 4.78 is 2.35. The van der Waals surface area contributed by atoms with Crippen molar-refractivity contribution in [3.05, 3.63) is 180 Å².